The van der Waals surface area contributed by atoms with Gasteiger partial charge in [0, 0.05) is 18.7 Å². The van der Waals surface area contributed by atoms with Crippen LogP contribution in [-0.4, -0.2) is 26.3 Å². The van der Waals surface area contributed by atoms with Crippen molar-refractivity contribution in [2.75, 3.05) is 17.2 Å². The Balaban J connectivity index is 1.54. The van der Waals surface area contributed by atoms with E-state index in [-0.39, 0.29) is 5.82 Å². The van der Waals surface area contributed by atoms with Gasteiger partial charge >= 0.3 is 0 Å². The van der Waals surface area contributed by atoms with Gasteiger partial charge in [-0.15, -0.1) is 5.10 Å². The molecular formula is C26H21FN6. The fraction of sp³-hybridized carbons (Fsp3) is 0.115. The van der Waals surface area contributed by atoms with Crippen molar-refractivity contribution < 1.29 is 4.39 Å². The van der Waals surface area contributed by atoms with Gasteiger partial charge in [-0.05, 0) is 53.9 Å². The lowest BCUT2D eigenvalue weighted by Gasteiger charge is -2.29. The minimum atomic E-state index is -0.301. The number of para-hydroxylation sites is 1. The lowest BCUT2D eigenvalue weighted by molar-refractivity contribution is 0.628. The lowest BCUT2D eigenvalue weighted by Crippen LogP contribution is -2.31. The normalized spacial score (nSPS) is 13.3. The van der Waals surface area contributed by atoms with Crippen LogP contribution in [0.2, 0.25) is 0 Å². The predicted octanol–water partition coefficient (Wildman–Crippen LogP) is 4.77. The average Bonchev–Trinajstić information content (AvgIpc) is 3.20. The van der Waals surface area contributed by atoms with Crippen LogP contribution in [0, 0.1) is 5.82 Å². The highest BCUT2D eigenvalue weighted by molar-refractivity contribution is 5.99. The molecule has 0 radical (unpaired) electrons. The van der Waals surface area contributed by atoms with Crippen molar-refractivity contribution in [2.24, 2.45) is 0 Å². The molecule has 0 spiro atoms. The van der Waals surface area contributed by atoms with Gasteiger partial charge in [-0.2, -0.15) is 4.98 Å². The van der Waals surface area contributed by atoms with Crippen LogP contribution in [0.5, 0.6) is 0 Å². The van der Waals surface area contributed by atoms with Crippen molar-refractivity contribution >= 4 is 22.8 Å². The summed E-state index contributed by atoms with van der Waals surface area (Å²) in [7, 11) is 0. The van der Waals surface area contributed by atoms with Crippen LogP contribution in [-0.2, 0) is 13.0 Å². The molecule has 6 nitrogen and oxygen atoms in total. The van der Waals surface area contributed by atoms with Crippen LogP contribution < -0.4 is 10.6 Å². The zero-order valence-electron chi connectivity index (χ0n) is 17.8. The molecule has 2 N–H and O–H groups in total. The number of halogens is 1. The third-order valence-electron chi connectivity index (χ3n) is 6.09. The minimum absolute atomic E-state index is 0.301. The summed E-state index contributed by atoms with van der Waals surface area (Å²) in [4.78, 5) is 11.9. The summed E-state index contributed by atoms with van der Waals surface area (Å²) in [6.07, 6.45) is 0.921. The molecule has 3 heterocycles. The third-order valence-corrected chi connectivity index (χ3v) is 6.09. The zero-order valence-corrected chi connectivity index (χ0v) is 17.8. The molecule has 0 aliphatic carbocycles. The van der Waals surface area contributed by atoms with Gasteiger partial charge in [-0.1, -0.05) is 42.5 Å². The first-order chi connectivity index (χ1) is 16.2. The van der Waals surface area contributed by atoms with E-state index in [4.69, 9.17) is 20.8 Å². The Morgan fingerprint density at radius 1 is 0.818 bits per heavy atom. The van der Waals surface area contributed by atoms with Crippen molar-refractivity contribution in [2.45, 2.75) is 13.0 Å². The van der Waals surface area contributed by atoms with Gasteiger partial charge < -0.3 is 10.6 Å². The molecule has 33 heavy (non-hydrogen) atoms. The minimum Gasteiger partial charge on any atom is -0.383 e. The van der Waals surface area contributed by atoms with Gasteiger partial charge in [0.1, 0.15) is 11.6 Å². The molecule has 0 amide bonds. The Hall–Kier alpha value is -4.26. The summed E-state index contributed by atoms with van der Waals surface area (Å²) in [5, 5.41) is 5.38. The molecule has 7 heteroatoms. The monoisotopic (exact) mass is 436 g/mol. The molecule has 0 fully saturated rings. The topological polar surface area (TPSA) is 72.9 Å². The molecule has 1 aliphatic heterocycles. The second-order valence-corrected chi connectivity index (χ2v) is 8.15. The number of fused-ring (bicyclic) bond motifs is 2. The molecule has 0 atom stereocenters. The molecule has 162 valence electrons. The second kappa shape index (κ2) is 7.70. The fourth-order valence-corrected chi connectivity index (χ4v) is 4.39. The van der Waals surface area contributed by atoms with Crippen LogP contribution >= 0.6 is 0 Å². The van der Waals surface area contributed by atoms with Crippen LogP contribution in [0.3, 0.4) is 0 Å². The summed E-state index contributed by atoms with van der Waals surface area (Å²) >= 11 is 0. The Bertz CT molecular complexity index is 1460. The molecule has 3 aromatic carbocycles. The van der Waals surface area contributed by atoms with Crippen molar-refractivity contribution in [3.8, 4) is 16.9 Å². The second-order valence-electron chi connectivity index (χ2n) is 8.15. The van der Waals surface area contributed by atoms with Crippen molar-refractivity contribution in [3.05, 3.63) is 95.8 Å². The number of hydrogen-bond donors (Lipinski definition) is 1. The van der Waals surface area contributed by atoms with E-state index < -0.39 is 0 Å². The number of benzene rings is 3. The number of nitrogens with two attached hydrogens (primary N) is 1. The van der Waals surface area contributed by atoms with Crippen molar-refractivity contribution in [3.63, 3.8) is 0 Å². The van der Waals surface area contributed by atoms with E-state index in [9.17, 15) is 4.39 Å². The number of hydrogen-bond acceptors (Lipinski definition) is 5. The highest BCUT2D eigenvalue weighted by Gasteiger charge is 2.23. The molecular weight excluding hydrogens is 415 g/mol. The van der Waals surface area contributed by atoms with E-state index >= 15 is 0 Å². The van der Waals surface area contributed by atoms with E-state index in [0.717, 1.165) is 30.8 Å². The number of nitrogen functional groups attached to an aromatic ring is 1. The Kier molecular flexibility index (Phi) is 4.54. The maximum Gasteiger partial charge on any atom is 0.228 e. The quantitative estimate of drug-likeness (QED) is 0.441. The number of anilines is 2. The average molecular weight is 436 g/mol. The van der Waals surface area contributed by atoms with E-state index in [2.05, 4.69) is 29.2 Å². The lowest BCUT2D eigenvalue weighted by atomic mass is 10.0. The zero-order chi connectivity index (χ0) is 22.4. The molecule has 0 saturated heterocycles. The van der Waals surface area contributed by atoms with Gasteiger partial charge in [-0.3, -0.25) is 0 Å². The molecule has 5 aromatic rings. The molecule has 0 bridgehead atoms. The van der Waals surface area contributed by atoms with Crippen molar-refractivity contribution in [1.29, 1.82) is 0 Å². The summed E-state index contributed by atoms with van der Waals surface area (Å²) in [5.74, 6) is 0.741. The smallest absolute Gasteiger partial charge is 0.228 e. The first kappa shape index (κ1) is 19.4. The Labute approximate surface area is 190 Å². The maximum absolute atomic E-state index is 13.6. The summed E-state index contributed by atoms with van der Waals surface area (Å²) in [6.45, 7) is 1.53. The highest BCUT2D eigenvalue weighted by atomic mass is 19.1. The SMILES string of the molecule is Nc1c2c(-c3ccc(F)cc3)nc(N3CCc4ccccc4C3)nc2nn1-c1ccccc1. The van der Waals surface area contributed by atoms with E-state index in [1.54, 1.807) is 16.8 Å². The number of rotatable bonds is 3. The molecule has 2 aromatic heterocycles. The first-order valence-electron chi connectivity index (χ1n) is 10.9. The molecule has 0 unspecified atom stereocenters. The van der Waals surface area contributed by atoms with Crippen LogP contribution in [0.25, 0.3) is 28.0 Å². The highest BCUT2D eigenvalue weighted by Crippen LogP contribution is 2.34. The third kappa shape index (κ3) is 3.38. The van der Waals surface area contributed by atoms with Crippen LogP contribution in [0.4, 0.5) is 16.2 Å². The largest absolute Gasteiger partial charge is 0.383 e. The molecule has 1 aliphatic rings. The van der Waals surface area contributed by atoms with Gasteiger partial charge in [0.2, 0.25) is 5.95 Å². The van der Waals surface area contributed by atoms with Gasteiger partial charge in [-0.25, -0.2) is 14.1 Å². The number of nitrogens with zero attached hydrogens (tertiary/aromatic N) is 5. The van der Waals surface area contributed by atoms with E-state index in [1.807, 2.05) is 30.3 Å². The van der Waals surface area contributed by atoms with Crippen molar-refractivity contribution in [1.82, 2.24) is 19.7 Å². The Morgan fingerprint density at radius 2 is 1.55 bits per heavy atom. The van der Waals surface area contributed by atoms with Gasteiger partial charge in [0.25, 0.3) is 0 Å². The summed E-state index contributed by atoms with van der Waals surface area (Å²) < 4.78 is 15.3. The maximum atomic E-state index is 13.6. The Morgan fingerprint density at radius 3 is 2.33 bits per heavy atom. The predicted molar refractivity (Wildman–Crippen MR) is 128 cm³/mol. The van der Waals surface area contributed by atoms with Gasteiger partial charge in [0.05, 0.1) is 16.8 Å². The van der Waals surface area contributed by atoms with Crippen LogP contribution in [0.15, 0.2) is 78.9 Å². The molecule has 6 rings (SSSR count). The van der Waals surface area contributed by atoms with E-state index in [0.29, 0.717) is 28.5 Å². The van der Waals surface area contributed by atoms with E-state index in [1.165, 1.54) is 23.3 Å². The van der Waals surface area contributed by atoms with Crippen LogP contribution in [0.1, 0.15) is 11.1 Å². The first-order valence-corrected chi connectivity index (χ1v) is 10.9. The fourth-order valence-electron chi connectivity index (χ4n) is 4.39. The number of aromatic nitrogens is 4. The summed E-state index contributed by atoms with van der Waals surface area (Å²) in [6, 6.07) is 24.4. The standard InChI is InChI=1S/C26H21FN6/c27-20-12-10-18(11-13-20)23-22-24(28)33(21-8-2-1-3-9-21)31-25(22)30-26(29-23)32-15-14-17-6-4-5-7-19(17)16-32/h1-13H,14-16,28H2. The molecule has 0 saturated carbocycles. The summed E-state index contributed by atoms with van der Waals surface area (Å²) in [5.41, 5.74) is 12.0. The van der Waals surface area contributed by atoms with Gasteiger partial charge in [0.15, 0.2) is 5.65 Å².